The number of rotatable bonds is 5. The molecule has 1 amide bonds. The molecule has 0 aliphatic carbocycles. The normalized spacial score (nSPS) is 10.9. The van der Waals surface area contributed by atoms with Crippen LogP contribution in [0.2, 0.25) is 0 Å². The number of hydrogen-bond donors (Lipinski definition) is 0. The number of nitrogens with zero attached hydrogens (tertiary/aromatic N) is 1. The summed E-state index contributed by atoms with van der Waals surface area (Å²) < 4.78 is 5.06. The summed E-state index contributed by atoms with van der Waals surface area (Å²) in [5.74, 6) is 0. The first kappa shape index (κ1) is 16.0. The fraction of sp³-hybridized carbons (Fsp3) is 0.786. The first-order valence-electron chi connectivity index (χ1n) is 6.31. The van der Waals surface area contributed by atoms with E-state index >= 15 is 0 Å². The lowest BCUT2D eigenvalue weighted by Gasteiger charge is -2.25. The van der Waals surface area contributed by atoms with Gasteiger partial charge in [0.2, 0.25) is 0 Å². The Morgan fingerprint density at radius 2 is 1.88 bits per heavy atom. The van der Waals surface area contributed by atoms with Gasteiger partial charge in [0.1, 0.15) is 0 Å². The highest BCUT2D eigenvalue weighted by Gasteiger charge is 2.17. The molecule has 17 heavy (non-hydrogen) atoms. The van der Waals surface area contributed by atoms with Crippen LogP contribution in [0.4, 0.5) is 4.79 Å². The fourth-order valence-corrected chi connectivity index (χ4v) is 1.24. The Morgan fingerprint density at radius 1 is 1.29 bits per heavy atom. The van der Waals surface area contributed by atoms with Gasteiger partial charge in [0.15, 0.2) is 0 Å². The second-order valence-corrected chi connectivity index (χ2v) is 5.74. The van der Waals surface area contributed by atoms with Crippen molar-refractivity contribution in [1.82, 2.24) is 4.90 Å². The third kappa shape index (κ3) is 8.78. The predicted molar refractivity (Wildman–Crippen MR) is 72.1 cm³/mol. The molecule has 0 unspecified atom stereocenters. The first-order valence-corrected chi connectivity index (χ1v) is 6.31. The number of carbonyl (C=O) groups excluding carboxylic acids is 1. The van der Waals surface area contributed by atoms with Crippen molar-refractivity contribution in [3.8, 4) is 0 Å². The molecule has 3 heteroatoms. The number of hydrogen-bond acceptors (Lipinski definition) is 2. The molecule has 0 heterocycles. The summed E-state index contributed by atoms with van der Waals surface area (Å²) in [4.78, 5) is 13.5. The van der Waals surface area contributed by atoms with Gasteiger partial charge >= 0.3 is 6.09 Å². The lowest BCUT2D eigenvalue weighted by molar-refractivity contribution is 0.107. The van der Waals surface area contributed by atoms with E-state index in [0.29, 0.717) is 13.2 Å². The second-order valence-electron chi connectivity index (χ2n) is 5.74. The molecule has 0 rings (SSSR count). The van der Waals surface area contributed by atoms with E-state index in [2.05, 4.69) is 26.8 Å². The molecule has 0 N–H and O–H groups in total. The van der Waals surface area contributed by atoms with Crippen LogP contribution in [0.1, 0.15) is 48.0 Å². The van der Waals surface area contributed by atoms with Crippen molar-refractivity contribution < 1.29 is 9.53 Å². The zero-order chi connectivity index (χ0) is 13.5. The van der Waals surface area contributed by atoms with Gasteiger partial charge in [-0.25, -0.2) is 4.79 Å². The largest absolute Gasteiger partial charge is 0.450 e. The average molecular weight is 241 g/mol. The Bertz CT molecular complexity index is 260. The summed E-state index contributed by atoms with van der Waals surface area (Å²) in [5.41, 5.74) is 1.45. The predicted octanol–water partition coefficient (Wildman–Crippen LogP) is 3.85. The lowest BCUT2D eigenvalue weighted by Crippen LogP contribution is -2.34. The molecule has 0 atom stereocenters. The van der Waals surface area contributed by atoms with E-state index in [-0.39, 0.29) is 11.5 Å². The summed E-state index contributed by atoms with van der Waals surface area (Å²) in [6, 6.07) is 0. The highest BCUT2D eigenvalue weighted by molar-refractivity contribution is 5.67. The van der Waals surface area contributed by atoms with Gasteiger partial charge in [-0.3, -0.25) is 0 Å². The Hall–Kier alpha value is -0.990. The maximum atomic E-state index is 11.7. The Morgan fingerprint density at radius 3 is 2.29 bits per heavy atom. The van der Waals surface area contributed by atoms with Crippen molar-refractivity contribution in [1.29, 1.82) is 0 Å². The van der Waals surface area contributed by atoms with E-state index in [1.165, 1.54) is 5.57 Å². The van der Waals surface area contributed by atoms with Crippen LogP contribution in [0.25, 0.3) is 0 Å². The SMILES string of the molecule is CCOC(=O)N(CC=C(C)C)CCC(C)(C)C. The van der Waals surface area contributed by atoms with E-state index in [0.717, 1.165) is 13.0 Å². The van der Waals surface area contributed by atoms with E-state index in [4.69, 9.17) is 4.74 Å². The number of allylic oxidation sites excluding steroid dienone is 1. The number of carbonyl (C=O) groups is 1. The van der Waals surface area contributed by atoms with Gasteiger partial charge in [-0.1, -0.05) is 32.4 Å². The van der Waals surface area contributed by atoms with Gasteiger partial charge in [0, 0.05) is 13.1 Å². The van der Waals surface area contributed by atoms with Crippen molar-refractivity contribution in [3.63, 3.8) is 0 Å². The van der Waals surface area contributed by atoms with Gasteiger partial charge in [0.05, 0.1) is 6.61 Å². The highest BCUT2D eigenvalue weighted by atomic mass is 16.6. The van der Waals surface area contributed by atoms with Crippen LogP contribution in [0.5, 0.6) is 0 Å². The van der Waals surface area contributed by atoms with Gasteiger partial charge in [-0.15, -0.1) is 0 Å². The van der Waals surface area contributed by atoms with E-state index < -0.39 is 0 Å². The molecular formula is C14H27NO2. The van der Waals surface area contributed by atoms with Crippen LogP contribution in [-0.4, -0.2) is 30.7 Å². The minimum absolute atomic E-state index is 0.214. The fourth-order valence-electron chi connectivity index (χ4n) is 1.24. The van der Waals surface area contributed by atoms with Crippen molar-refractivity contribution in [2.24, 2.45) is 5.41 Å². The molecule has 0 saturated carbocycles. The van der Waals surface area contributed by atoms with Crippen LogP contribution in [0.3, 0.4) is 0 Å². The van der Waals surface area contributed by atoms with Gasteiger partial charge in [-0.05, 0) is 32.6 Å². The zero-order valence-corrected chi connectivity index (χ0v) is 12.2. The highest BCUT2D eigenvalue weighted by Crippen LogP contribution is 2.19. The molecule has 0 fully saturated rings. The molecule has 0 bridgehead atoms. The van der Waals surface area contributed by atoms with Crippen molar-refractivity contribution >= 4 is 6.09 Å². The zero-order valence-electron chi connectivity index (χ0n) is 12.2. The monoisotopic (exact) mass is 241 g/mol. The topological polar surface area (TPSA) is 29.5 Å². The molecule has 0 aliphatic heterocycles. The molecule has 0 spiro atoms. The summed E-state index contributed by atoms with van der Waals surface area (Å²) in [5, 5.41) is 0. The smallest absolute Gasteiger partial charge is 0.410 e. The van der Waals surface area contributed by atoms with Crippen LogP contribution in [0.15, 0.2) is 11.6 Å². The standard InChI is InChI=1S/C14H27NO2/c1-7-17-13(16)15(10-8-12(2)3)11-9-14(4,5)6/h8H,7,9-11H2,1-6H3. The molecule has 0 radical (unpaired) electrons. The van der Waals surface area contributed by atoms with E-state index in [1.54, 1.807) is 4.90 Å². The Balaban J connectivity index is 4.40. The third-order valence-corrected chi connectivity index (χ3v) is 2.38. The molecule has 0 aromatic rings. The Labute approximate surface area is 106 Å². The maximum Gasteiger partial charge on any atom is 0.410 e. The molecule has 0 saturated heterocycles. The quantitative estimate of drug-likeness (QED) is 0.684. The minimum atomic E-state index is -0.214. The average Bonchev–Trinajstić information content (AvgIpc) is 2.15. The molecular weight excluding hydrogens is 214 g/mol. The molecule has 0 aromatic heterocycles. The summed E-state index contributed by atoms with van der Waals surface area (Å²) in [6.45, 7) is 14.2. The summed E-state index contributed by atoms with van der Waals surface area (Å²) in [7, 11) is 0. The van der Waals surface area contributed by atoms with Crippen molar-refractivity contribution in [3.05, 3.63) is 11.6 Å². The van der Waals surface area contributed by atoms with Gasteiger partial charge < -0.3 is 9.64 Å². The Kier molecular flexibility index (Phi) is 6.93. The van der Waals surface area contributed by atoms with Crippen LogP contribution < -0.4 is 0 Å². The van der Waals surface area contributed by atoms with E-state index in [9.17, 15) is 4.79 Å². The van der Waals surface area contributed by atoms with Crippen LogP contribution in [-0.2, 0) is 4.74 Å². The summed E-state index contributed by atoms with van der Waals surface area (Å²) >= 11 is 0. The van der Waals surface area contributed by atoms with Crippen LogP contribution >= 0.6 is 0 Å². The first-order chi connectivity index (χ1) is 7.76. The number of amides is 1. The molecule has 3 nitrogen and oxygen atoms in total. The van der Waals surface area contributed by atoms with Crippen molar-refractivity contribution in [2.75, 3.05) is 19.7 Å². The van der Waals surface area contributed by atoms with E-state index in [1.807, 2.05) is 20.8 Å². The van der Waals surface area contributed by atoms with Gasteiger partial charge in [0.25, 0.3) is 0 Å². The third-order valence-electron chi connectivity index (χ3n) is 2.38. The molecule has 0 aliphatic rings. The molecule has 100 valence electrons. The van der Waals surface area contributed by atoms with Gasteiger partial charge in [-0.2, -0.15) is 0 Å². The summed E-state index contributed by atoms with van der Waals surface area (Å²) in [6.07, 6.45) is 2.82. The van der Waals surface area contributed by atoms with Crippen LogP contribution in [0, 0.1) is 5.41 Å². The van der Waals surface area contributed by atoms with Crippen molar-refractivity contribution in [2.45, 2.75) is 48.0 Å². The lowest BCUT2D eigenvalue weighted by atomic mass is 9.92. The maximum absolute atomic E-state index is 11.7. The minimum Gasteiger partial charge on any atom is -0.450 e. The second kappa shape index (κ2) is 7.36. The number of ether oxygens (including phenoxy) is 1. The molecule has 0 aromatic carbocycles.